The van der Waals surface area contributed by atoms with Crippen molar-refractivity contribution >= 4 is 5.91 Å². The number of nitrogens with one attached hydrogen (secondary N) is 1. The molecule has 0 saturated carbocycles. The van der Waals surface area contributed by atoms with Crippen LogP contribution in [-0.4, -0.2) is 38.5 Å². The second kappa shape index (κ2) is 5.36. The molecule has 0 saturated heterocycles. The molecule has 0 unspecified atom stereocenters. The second-order valence-corrected chi connectivity index (χ2v) is 5.12. The topological polar surface area (TPSA) is 74.8 Å². The molecule has 2 rings (SSSR count). The predicted octanol–water partition coefficient (Wildman–Crippen LogP) is 1.27. The molecule has 1 amide bonds. The van der Waals surface area contributed by atoms with Crippen LogP contribution in [0.1, 0.15) is 25.2 Å². The van der Waals surface area contributed by atoms with Gasteiger partial charge in [0.1, 0.15) is 5.82 Å². The number of hydrogen-bond acceptors (Lipinski definition) is 4. The van der Waals surface area contributed by atoms with Gasteiger partial charge in [0.2, 0.25) is 5.91 Å². The summed E-state index contributed by atoms with van der Waals surface area (Å²) in [5, 5.41) is 13.4. The van der Waals surface area contributed by atoms with Gasteiger partial charge in [-0.25, -0.2) is 4.39 Å². The number of likely N-dealkylation sites (N-methyl/N-ethyl adjacent to an activating group) is 1. The van der Waals surface area contributed by atoms with Crippen molar-refractivity contribution in [3.8, 4) is 0 Å². The quantitative estimate of drug-likeness (QED) is 0.913. The molecule has 0 spiro atoms. The van der Waals surface area contributed by atoms with Gasteiger partial charge in [-0.1, -0.05) is 17.3 Å². The molecule has 106 valence electrons. The first kappa shape index (κ1) is 14.1. The number of carbonyl (C=O) groups excluding carboxylic acids is 1. The van der Waals surface area contributed by atoms with Gasteiger partial charge in [0.15, 0.2) is 5.82 Å². The van der Waals surface area contributed by atoms with Crippen LogP contribution in [0.25, 0.3) is 0 Å². The summed E-state index contributed by atoms with van der Waals surface area (Å²) < 4.78 is 13.0. The lowest BCUT2D eigenvalue weighted by Crippen LogP contribution is -2.41. The number of tetrazole rings is 1. The molecular formula is C13H16FN5O. The van der Waals surface area contributed by atoms with Crippen molar-refractivity contribution < 1.29 is 9.18 Å². The van der Waals surface area contributed by atoms with Crippen LogP contribution in [0.3, 0.4) is 0 Å². The van der Waals surface area contributed by atoms with Crippen molar-refractivity contribution in [3.63, 3.8) is 0 Å². The molecule has 0 aliphatic carbocycles. The first-order valence-corrected chi connectivity index (χ1v) is 6.15. The zero-order chi connectivity index (χ0) is 14.8. The second-order valence-electron chi connectivity index (χ2n) is 5.12. The van der Waals surface area contributed by atoms with E-state index in [-0.39, 0.29) is 18.3 Å². The maximum absolute atomic E-state index is 13.0. The Labute approximate surface area is 116 Å². The van der Waals surface area contributed by atoms with Gasteiger partial charge in [0.05, 0.1) is 12.0 Å². The van der Waals surface area contributed by atoms with Crippen molar-refractivity contribution in [2.75, 3.05) is 7.05 Å². The highest BCUT2D eigenvalue weighted by molar-refractivity contribution is 5.87. The molecule has 6 nitrogen and oxygen atoms in total. The first-order valence-electron chi connectivity index (χ1n) is 6.15. The van der Waals surface area contributed by atoms with Crippen LogP contribution in [-0.2, 0) is 16.8 Å². The Morgan fingerprint density at radius 3 is 2.55 bits per heavy atom. The van der Waals surface area contributed by atoms with Crippen LogP contribution < -0.4 is 0 Å². The van der Waals surface area contributed by atoms with Gasteiger partial charge in [-0.15, -0.1) is 10.2 Å². The maximum Gasteiger partial charge on any atom is 0.232 e. The lowest BCUT2D eigenvalue weighted by molar-refractivity contribution is -0.135. The van der Waals surface area contributed by atoms with E-state index in [2.05, 4.69) is 20.6 Å². The van der Waals surface area contributed by atoms with E-state index < -0.39 is 5.41 Å². The summed E-state index contributed by atoms with van der Waals surface area (Å²) in [6, 6.07) is 5.94. The molecule has 0 aliphatic rings. The van der Waals surface area contributed by atoms with E-state index in [0.29, 0.717) is 5.82 Å². The lowest BCUT2D eigenvalue weighted by atomic mass is 9.83. The van der Waals surface area contributed by atoms with Crippen molar-refractivity contribution in [1.82, 2.24) is 25.5 Å². The number of aromatic nitrogens is 4. The summed E-state index contributed by atoms with van der Waals surface area (Å²) in [6.07, 6.45) is 0. The molecule has 0 bridgehead atoms. The highest BCUT2D eigenvalue weighted by atomic mass is 19.1. The molecule has 1 aromatic carbocycles. The minimum Gasteiger partial charge on any atom is -0.337 e. The summed E-state index contributed by atoms with van der Waals surface area (Å²) >= 11 is 0. The van der Waals surface area contributed by atoms with E-state index >= 15 is 0 Å². The van der Waals surface area contributed by atoms with Crippen LogP contribution in [0.2, 0.25) is 0 Å². The number of halogens is 1. The highest BCUT2D eigenvalue weighted by Crippen LogP contribution is 2.25. The Kier molecular flexibility index (Phi) is 3.78. The molecule has 0 fully saturated rings. The summed E-state index contributed by atoms with van der Waals surface area (Å²) in [5.74, 6) is 0.0156. The van der Waals surface area contributed by atoms with Gasteiger partial charge >= 0.3 is 0 Å². The molecule has 1 aromatic heterocycles. The fourth-order valence-corrected chi connectivity index (χ4v) is 2.00. The van der Waals surface area contributed by atoms with Crippen LogP contribution in [0.15, 0.2) is 24.3 Å². The number of carbonyl (C=O) groups is 1. The van der Waals surface area contributed by atoms with Crippen LogP contribution in [0.4, 0.5) is 4.39 Å². The largest absolute Gasteiger partial charge is 0.337 e. The summed E-state index contributed by atoms with van der Waals surface area (Å²) in [5.41, 5.74) is -0.00418. The Balaban J connectivity index is 2.15. The number of amides is 1. The molecule has 0 radical (unpaired) electrons. The van der Waals surface area contributed by atoms with Gasteiger partial charge in [0, 0.05) is 7.05 Å². The van der Waals surface area contributed by atoms with Gasteiger partial charge in [-0.2, -0.15) is 5.21 Å². The van der Waals surface area contributed by atoms with E-state index in [4.69, 9.17) is 0 Å². The van der Waals surface area contributed by atoms with Crippen molar-refractivity contribution in [2.24, 2.45) is 0 Å². The average molecular weight is 277 g/mol. The number of H-pyrrole nitrogens is 1. The van der Waals surface area contributed by atoms with E-state index in [9.17, 15) is 9.18 Å². The van der Waals surface area contributed by atoms with Crippen LogP contribution in [0, 0.1) is 5.82 Å². The van der Waals surface area contributed by atoms with E-state index in [1.165, 1.54) is 17.0 Å². The molecular weight excluding hydrogens is 261 g/mol. The number of benzene rings is 1. The summed E-state index contributed by atoms with van der Waals surface area (Å²) in [7, 11) is 1.67. The minimum absolute atomic E-state index is 0.103. The zero-order valence-corrected chi connectivity index (χ0v) is 11.6. The Hall–Kier alpha value is -2.31. The molecule has 7 heteroatoms. The SMILES string of the molecule is CN(Cc1nn[nH]n1)C(=O)C(C)(C)c1ccc(F)cc1. The van der Waals surface area contributed by atoms with Crippen molar-refractivity contribution in [3.05, 3.63) is 41.5 Å². The van der Waals surface area contributed by atoms with Gasteiger partial charge in [0.25, 0.3) is 0 Å². The molecule has 0 aliphatic heterocycles. The van der Waals surface area contributed by atoms with E-state index in [1.807, 2.05) is 0 Å². The summed E-state index contributed by atoms with van der Waals surface area (Å²) in [6.45, 7) is 3.87. The molecule has 2 aromatic rings. The Bertz CT molecular complexity index is 579. The standard InChI is InChI=1S/C13H16FN5O/c1-13(2,9-4-6-10(14)7-5-9)12(20)19(3)8-11-15-17-18-16-11/h4-7H,8H2,1-3H3,(H,15,16,17,18). The van der Waals surface area contributed by atoms with E-state index in [1.54, 1.807) is 33.0 Å². The Morgan fingerprint density at radius 1 is 1.35 bits per heavy atom. The third-order valence-electron chi connectivity index (χ3n) is 3.22. The lowest BCUT2D eigenvalue weighted by Gasteiger charge is -2.29. The molecule has 1 N–H and O–H groups in total. The van der Waals surface area contributed by atoms with Crippen molar-refractivity contribution in [1.29, 1.82) is 0 Å². The number of nitrogens with zero attached hydrogens (tertiary/aromatic N) is 4. The van der Waals surface area contributed by atoms with Crippen LogP contribution in [0.5, 0.6) is 0 Å². The van der Waals surface area contributed by atoms with Gasteiger partial charge in [-0.3, -0.25) is 4.79 Å². The highest BCUT2D eigenvalue weighted by Gasteiger charge is 2.32. The molecule has 1 heterocycles. The van der Waals surface area contributed by atoms with Gasteiger partial charge in [-0.05, 0) is 31.5 Å². The van der Waals surface area contributed by atoms with E-state index in [0.717, 1.165) is 5.56 Å². The normalized spacial score (nSPS) is 11.4. The molecule has 20 heavy (non-hydrogen) atoms. The Morgan fingerprint density at radius 2 is 2.00 bits per heavy atom. The van der Waals surface area contributed by atoms with Crippen molar-refractivity contribution in [2.45, 2.75) is 25.8 Å². The average Bonchev–Trinajstić information content (AvgIpc) is 2.91. The smallest absolute Gasteiger partial charge is 0.232 e. The molecule has 0 atom stereocenters. The number of hydrogen-bond donors (Lipinski definition) is 1. The maximum atomic E-state index is 13.0. The van der Waals surface area contributed by atoms with Crippen LogP contribution >= 0.6 is 0 Å². The monoisotopic (exact) mass is 277 g/mol. The first-order chi connectivity index (χ1) is 9.41. The minimum atomic E-state index is -0.758. The fourth-order valence-electron chi connectivity index (χ4n) is 2.00. The number of rotatable bonds is 4. The third-order valence-corrected chi connectivity index (χ3v) is 3.22. The fraction of sp³-hybridized carbons (Fsp3) is 0.385. The van der Waals surface area contributed by atoms with Gasteiger partial charge < -0.3 is 4.90 Å². The number of aromatic amines is 1. The predicted molar refractivity (Wildman–Crippen MR) is 70.1 cm³/mol. The third kappa shape index (κ3) is 2.81. The zero-order valence-electron chi connectivity index (χ0n) is 11.6. The summed E-state index contributed by atoms with van der Waals surface area (Å²) in [4.78, 5) is 14.0.